The molecule has 15 nitrogen and oxygen atoms in total. The monoisotopic (exact) mass is 828 g/mol. The highest BCUT2D eigenvalue weighted by Crippen LogP contribution is 2.33. The van der Waals surface area contributed by atoms with Gasteiger partial charge in [-0.3, -0.25) is 15.0 Å². The molecule has 20 heteroatoms. The number of rotatable bonds is 9. The molecule has 0 saturated carbocycles. The van der Waals surface area contributed by atoms with Gasteiger partial charge in [0.15, 0.2) is 29.1 Å². The molecule has 0 spiro atoms. The minimum absolute atomic E-state index is 0.128. The Morgan fingerprint density at radius 1 is 0.767 bits per heavy atom. The van der Waals surface area contributed by atoms with Gasteiger partial charge in [0, 0.05) is 44.6 Å². The Balaban J connectivity index is 0.862. The normalized spacial score (nSPS) is 18.8. The second-order valence-electron chi connectivity index (χ2n) is 14.3. The predicted molar refractivity (Wildman–Crippen MR) is 208 cm³/mol. The van der Waals surface area contributed by atoms with E-state index in [0.717, 1.165) is 42.9 Å². The van der Waals surface area contributed by atoms with Gasteiger partial charge in [-0.2, -0.15) is 18.2 Å². The van der Waals surface area contributed by atoms with Crippen LogP contribution in [-0.2, 0) is 15.7 Å². The molecule has 3 aliphatic heterocycles. The quantitative estimate of drug-likeness (QED) is 0.149. The van der Waals surface area contributed by atoms with E-state index in [-0.39, 0.29) is 41.9 Å². The van der Waals surface area contributed by atoms with E-state index in [1.54, 1.807) is 52.6 Å². The summed E-state index contributed by atoms with van der Waals surface area (Å²) in [5.74, 6) is -0.124. The molecule has 6 aromatic rings. The number of hydrogen-bond acceptors (Lipinski definition) is 15. The number of hydrogen-bond donors (Lipinski definition) is 2. The lowest BCUT2D eigenvalue weighted by atomic mass is 10.1. The number of nitrogens with zero attached hydrogens (tertiary/aromatic N) is 10. The van der Waals surface area contributed by atoms with Crippen LogP contribution in [-0.4, -0.2) is 87.4 Å². The standard InChI is InChI=1S/C40H37F5N12O3/c41-28-20-48-35(52-36(28)55-11-14-58-15-12-55)33-23-60-38(51-33)32-17-24(8-9-46-32)34-22-56(13-16-59-34)37-29(42)21-49-39(53-37)57-10-2-5-31(54-57)30-7-6-27(19-47-30)50-26-4-1-3-25(18-26)40(43,44)45/h1,3-4,6-9,17-21,23,31,34,50,54H,2,5,10-16,22H2. The maximum Gasteiger partial charge on any atom is 0.416 e. The number of aromatic nitrogens is 7. The topological polar surface area (TPSA) is 156 Å². The van der Waals surface area contributed by atoms with E-state index in [9.17, 15) is 17.6 Å². The molecule has 1 aromatic carbocycles. The number of oxazole rings is 1. The third kappa shape index (κ3) is 8.52. The lowest BCUT2D eigenvalue weighted by molar-refractivity contribution is -0.137. The van der Waals surface area contributed by atoms with Crippen LogP contribution in [0.2, 0.25) is 0 Å². The summed E-state index contributed by atoms with van der Waals surface area (Å²) >= 11 is 0. The summed E-state index contributed by atoms with van der Waals surface area (Å²) in [6, 6.07) is 11.9. The number of halogens is 5. The number of morpholine rings is 2. The molecule has 8 heterocycles. The lowest BCUT2D eigenvalue weighted by Gasteiger charge is -2.36. The first-order chi connectivity index (χ1) is 29.1. The van der Waals surface area contributed by atoms with Crippen molar-refractivity contribution in [1.82, 2.24) is 40.3 Å². The van der Waals surface area contributed by atoms with Gasteiger partial charge >= 0.3 is 6.18 Å². The van der Waals surface area contributed by atoms with Gasteiger partial charge in [0.05, 0.1) is 61.4 Å². The van der Waals surface area contributed by atoms with Crippen LogP contribution in [0.1, 0.15) is 41.8 Å². The molecule has 2 unspecified atom stereocenters. The van der Waals surface area contributed by atoms with Crippen molar-refractivity contribution in [1.29, 1.82) is 0 Å². The minimum atomic E-state index is -4.45. The number of nitrogens with one attached hydrogen (secondary N) is 2. The number of ether oxygens (including phenoxy) is 2. The van der Waals surface area contributed by atoms with Crippen molar-refractivity contribution in [3.63, 3.8) is 0 Å². The molecular weight excluding hydrogens is 792 g/mol. The third-order valence-corrected chi connectivity index (χ3v) is 10.3. The van der Waals surface area contributed by atoms with E-state index in [1.165, 1.54) is 12.3 Å². The van der Waals surface area contributed by atoms with E-state index in [4.69, 9.17) is 13.9 Å². The van der Waals surface area contributed by atoms with Crippen molar-refractivity contribution in [2.45, 2.75) is 31.2 Å². The summed E-state index contributed by atoms with van der Waals surface area (Å²) in [7, 11) is 0. The van der Waals surface area contributed by atoms with Crippen LogP contribution in [0, 0.1) is 11.6 Å². The summed E-state index contributed by atoms with van der Waals surface area (Å²) in [6.07, 6.45) is 3.43. The maximum absolute atomic E-state index is 15.5. The number of anilines is 5. The molecule has 310 valence electrons. The van der Waals surface area contributed by atoms with Crippen LogP contribution in [0.5, 0.6) is 0 Å². The Kier molecular flexibility index (Phi) is 10.9. The number of benzene rings is 1. The van der Waals surface area contributed by atoms with Crippen LogP contribution in [0.15, 0.2) is 84.0 Å². The van der Waals surface area contributed by atoms with Crippen LogP contribution < -0.4 is 25.6 Å². The smallest absolute Gasteiger partial charge is 0.416 e. The fraction of sp³-hybridized carbons (Fsp3) is 0.325. The van der Waals surface area contributed by atoms with E-state index < -0.39 is 29.5 Å². The number of pyridine rings is 2. The fourth-order valence-corrected chi connectivity index (χ4v) is 7.25. The van der Waals surface area contributed by atoms with Crippen LogP contribution in [0.4, 0.5) is 50.9 Å². The molecular formula is C40H37F5N12O3. The van der Waals surface area contributed by atoms with Gasteiger partial charge in [0.1, 0.15) is 23.8 Å². The van der Waals surface area contributed by atoms with E-state index in [2.05, 4.69) is 45.6 Å². The maximum atomic E-state index is 15.5. The van der Waals surface area contributed by atoms with Gasteiger partial charge in [-0.25, -0.2) is 34.1 Å². The third-order valence-electron chi connectivity index (χ3n) is 10.3. The zero-order valence-corrected chi connectivity index (χ0v) is 31.8. The highest BCUT2D eigenvalue weighted by molar-refractivity contribution is 5.60. The predicted octanol–water partition coefficient (Wildman–Crippen LogP) is 6.68. The lowest BCUT2D eigenvalue weighted by Crippen LogP contribution is -2.47. The van der Waals surface area contributed by atoms with Gasteiger partial charge in [-0.15, -0.1) is 0 Å². The second-order valence-corrected chi connectivity index (χ2v) is 14.3. The van der Waals surface area contributed by atoms with E-state index in [0.29, 0.717) is 74.5 Å². The molecule has 0 radical (unpaired) electrons. The van der Waals surface area contributed by atoms with Crippen LogP contribution in [0.25, 0.3) is 23.1 Å². The molecule has 2 N–H and O–H groups in total. The summed E-state index contributed by atoms with van der Waals surface area (Å²) < 4.78 is 86.9. The molecule has 3 fully saturated rings. The van der Waals surface area contributed by atoms with E-state index >= 15 is 4.39 Å². The molecule has 0 aliphatic carbocycles. The Hall–Kier alpha value is -6.38. The molecule has 3 saturated heterocycles. The minimum Gasteiger partial charge on any atom is -0.443 e. The van der Waals surface area contributed by atoms with Crippen molar-refractivity contribution < 1.29 is 35.8 Å². The molecule has 9 rings (SSSR count). The Morgan fingerprint density at radius 2 is 1.58 bits per heavy atom. The molecule has 0 amide bonds. The van der Waals surface area contributed by atoms with Crippen LogP contribution in [0.3, 0.4) is 0 Å². The number of alkyl halides is 3. The van der Waals surface area contributed by atoms with Crippen molar-refractivity contribution in [2.75, 3.05) is 72.7 Å². The first-order valence-electron chi connectivity index (χ1n) is 19.2. The molecule has 3 aliphatic rings. The van der Waals surface area contributed by atoms with Crippen molar-refractivity contribution in [3.05, 3.63) is 108 Å². The summed E-state index contributed by atoms with van der Waals surface area (Å²) in [5.41, 5.74) is 5.69. The molecule has 5 aromatic heterocycles. The Morgan fingerprint density at radius 3 is 2.40 bits per heavy atom. The van der Waals surface area contributed by atoms with Gasteiger partial charge < -0.3 is 29.0 Å². The average Bonchev–Trinajstić information content (AvgIpc) is 3.78. The first kappa shape index (κ1) is 39.1. The number of hydrazine groups is 1. The summed E-state index contributed by atoms with van der Waals surface area (Å²) in [4.78, 5) is 34.7. The SMILES string of the molecule is Fc1cnc(-c2coc(-c3cc(C4CN(c5nc(N6CCCC(c7ccc(Nc8cccc(C(F)(F)F)c8)cn7)N6)ncc5F)CCO4)ccn3)n2)nc1N1CCOCC1. The fourth-order valence-electron chi connectivity index (χ4n) is 7.25. The molecule has 60 heavy (non-hydrogen) atoms. The van der Waals surface area contributed by atoms with Crippen molar-refractivity contribution in [3.8, 4) is 23.1 Å². The Bertz CT molecular complexity index is 2450. The van der Waals surface area contributed by atoms with Gasteiger partial charge in [-0.05, 0) is 60.9 Å². The van der Waals surface area contributed by atoms with Crippen molar-refractivity contribution in [2.24, 2.45) is 0 Å². The largest absolute Gasteiger partial charge is 0.443 e. The molecule has 2 atom stereocenters. The second kappa shape index (κ2) is 16.7. The zero-order chi connectivity index (χ0) is 41.2. The Labute approximate surface area is 339 Å². The summed E-state index contributed by atoms with van der Waals surface area (Å²) in [5, 5.41) is 4.74. The highest BCUT2D eigenvalue weighted by Gasteiger charge is 2.31. The summed E-state index contributed by atoms with van der Waals surface area (Å²) in [6.45, 7) is 3.48. The van der Waals surface area contributed by atoms with Gasteiger partial charge in [0.2, 0.25) is 11.8 Å². The first-order valence-corrected chi connectivity index (χ1v) is 19.2. The zero-order valence-electron chi connectivity index (χ0n) is 31.8. The van der Waals surface area contributed by atoms with Gasteiger partial charge in [-0.1, -0.05) is 6.07 Å². The average molecular weight is 829 g/mol. The van der Waals surface area contributed by atoms with Crippen LogP contribution >= 0.6 is 0 Å². The highest BCUT2D eigenvalue weighted by atomic mass is 19.4. The molecule has 0 bridgehead atoms. The van der Waals surface area contributed by atoms with Gasteiger partial charge in [0.25, 0.3) is 0 Å². The van der Waals surface area contributed by atoms with E-state index in [1.807, 2.05) is 4.90 Å². The van der Waals surface area contributed by atoms with Crippen molar-refractivity contribution >= 4 is 29.0 Å².